The van der Waals surface area contributed by atoms with Crippen LogP contribution in [0.15, 0.2) is 6.20 Å². The molecular formula is C7H5F2I2NO. The minimum absolute atomic E-state index is 0.237. The van der Waals surface area contributed by atoms with E-state index in [1.165, 1.54) is 6.20 Å². The van der Waals surface area contributed by atoms with Crippen molar-refractivity contribution in [3.8, 4) is 0 Å². The summed E-state index contributed by atoms with van der Waals surface area (Å²) < 4.78 is 25.7. The lowest BCUT2D eigenvalue weighted by molar-refractivity contribution is 0.144. The highest BCUT2D eigenvalue weighted by Gasteiger charge is 2.17. The maximum atomic E-state index is 12.3. The molecule has 72 valence electrons. The zero-order chi connectivity index (χ0) is 10.0. The molecule has 13 heavy (non-hydrogen) atoms. The minimum Gasteiger partial charge on any atom is -0.392 e. The molecule has 0 amide bonds. The fourth-order valence-electron chi connectivity index (χ4n) is 0.817. The molecule has 0 saturated carbocycles. The molecule has 0 bridgehead atoms. The van der Waals surface area contributed by atoms with Gasteiger partial charge in [-0.3, -0.25) is 4.98 Å². The van der Waals surface area contributed by atoms with Crippen molar-refractivity contribution >= 4 is 45.2 Å². The number of nitrogens with zero attached hydrogens (tertiary/aromatic N) is 1. The fraction of sp³-hybridized carbons (Fsp3) is 0.286. The Morgan fingerprint density at radius 1 is 1.46 bits per heavy atom. The highest BCUT2D eigenvalue weighted by Crippen LogP contribution is 2.27. The molecule has 0 aliphatic rings. The SMILES string of the molecule is OCc1c(I)cnc(C(F)F)c1I. The number of pyridine rings is 1. The molecule has 1 aromatic rings. The second kappa shape index (κ2) is 4.78. The quantitative estimate of drug-likeness (QED) is 0.760. The average Bonchev–Trinajstić information content (AvgIpc) is 2.04. The highest BCUT2D eigenvalue weighted by atomic mass is 127. The molecule has 0 atom stereocenters. The highest BCUT2D eigenvalue weighted by molar-refractivity contribution is 14.1. The number of rotatable bonds is 2. The smallest absolute Gasteiger partial charge is 0.281 e. The van der Waals surface area contributed by atoms with Gasteiger partial charge in [-0.05, 0) is 45.2 Å². The Morgan fingerprint density at radius 3 is 2.54 bits per heavy atom. The summed E-state index contributed by atoms with van der Waals surface area (Å²) in [4.78, 5) is 3.61. The Balaban J connectivity index is 3.27. The molecule has 1 heterocycles. The van der Waals surface area contributed by atoms with E-state index in [0.29, 0.717) is 12.7 Å². The second-order valence-corrected chi connectivity index (χ2v) is 4.48. The molecule has 0 aliphatic carbocycles. The third-order valence-corrected chi connectivity index (χ3v) is 3.59. The van der Waals surface area contributed by atoms with Crippen LogP contribution in [-0.4, -0.2) is 10.1 Å². The van der Waals surface area contributed by atoms with Crippen LogP contribution >= 0.6 is 45.2 Å². The zero-order valence-electron chi connectivity index (χ0n) is 6.27. The van der Waals surface area contributed by atoms with Crippen molar-refractivity contribution in [2.45, 2.75) is 13.0 Å². The molecule has 0 spiro atoms. The molecule has 0 aliphatic heterocycles. The van der Waals surface area contributed by atoms with Crippen LogP contribution in [0.2, 0.25) is 0 Å². The number of aliphatic hydroxyl groups is 1. The topological polar surface area (TPSA) is 33.1 Å². The summed E-state index contributed by atoms with van der Waals surface area (Å²) in [7, 11) is 0. The number of hydrogen-bond donors (Lipinski definition) is 1. The van der Waals surface area contributed by atoms with E-state index in [0.717, 1.165) is 0 Å². The molecule has 1 aromatic heterocycles. The predicted octanol–water partition coefficient (Wildman–Crippen LogP) is 2.72. The van der Waals surface area contributed by atoms with E-state index in [9.17, 15) is 8.78 Å². The van der Waals surface area contributed by atoms with Gasteiger partial charge in [0, 0.05) is 18.9 Å². The maximum absolute atomic E-state index is 12.3. The van der Waals surface area contributed by atoms with Gasteiger partial charge in [-0.15, -0.1) is 0 Å². The molecule has 0 radical (unpaired) electrons. The van der Waals surface area contributed by atoms with Crippen LogP contribution in [0.3, 0.4) is 0 Å². The third kappa shape index (κ3) is 2.46. The van der Waals surface area contributed by atoms with Gasteiger partial charge < -0.3 is 5.11 Å². The molecule has 2 nitrogen and oxygen atoms in total. The summed E-state index contributed by atoms with van der Waals surface area (Å²) in [6, 6.07) is 0. The van der Waals surface area contributed by atoms with Gasteiger partial charge in [0.25, 0.3) is 6.43 Å². The lowest BCUT2D eigenvalue weighted by Crippen LogP contribution is -2.02. The molecule has 0 fully saturated rings. The molecule has 0 unspecified atom stereocenters. The molecule has 0 aromatic carbocycles. The first kappa shape index (κ1) is 11.5. The lowest BCUT2D eigenvalue weighted by atomic mass is 10.2. The summed E-state index contributed by atoms with van der Waals surface area (Å²) in [5, 5.41) is 8.92. The van der Waals surface area contributed by atoms with Crippen molar-refractivity contribution < 1.29 is 13.9 Å². The van der Waals surface area contributed by atoms with E-state index < -0.39 is 6.43 Å². The number of hydrogen-bond acceptors (Lipinski definition) is 2. The number of alkyl halides is 2. The second-order valence-electron chi connectivity index (χ2n) is 2.24. The van der Waals surface area contributed by atoms with Crippen LogP contribution in [-0.2, 0) is 6.61 Å². The zero-order valence-corrected chi connectivity index (χ0v) is 10.6. The largest absolute Gasteiger partial charge is 0.392 e. The van der Waals surface area contributed by atoms with E-state index in [1.54, 1.807) is 22.6 Å². The van der Waals surface area contributed by atoms with Crippen molar-refractivity contribution in [3.05, 3.63) is 24.6 Å². The first-order valence-electron chi connectivity index (χ1n) is 3.29. The van der Waals surface area contributed by atoms with Gasteiger partial charge in [0.1, 0.15) is 5.69 Å². The van der Waals surface area contributed by atoms with Crippen molar-refractivity contribution in [1.82, 2.24) is 4.98 Å². The average molecular weight is 411 g/mol. The molecule has 1 rings (SSSR count). The summed E-state index contributed by atoms with van der Waals surface area (Å²) in [5.41, 5.74) is 0.261. The predicted molar refractivity (Wildman–Crippen MR) is 60.6 cm³/mol. The van der Waals surface area contributed by atoms with Gasteiger partial charge in [-0.25, -0.2) is 8.78 Å². The Kier molecular flexibility index (Phi) is 4.23. The van der Waals surface area contributed by atoms with Gasteiger partial charge in [0.2, 0.25) is 0 Å². The van der Waals surface area contributed by atoms with Crippen LogP contribution in [0.25, 0.3) is 0 Å². The normalized spacial score (nSPS) is 10.9. The molecular weight excluding hydrogens is 406 g/mol. The maximum Gasteiger partial charge on any atom is 0.281 e. The molecule has 0 saturated heterocycles. The Morgan fingerprint density at radius 2 is 2.08 bits per heavy atom. The molecule has 6 heteroatoms. The summed E-state index contributed by atoms with van der Waals surface area (Å²) in [6.45, 7) is -0.237. The van der Waals surface area contributed by atoms with Crippen molar-refractivity contribution in [3.63, 3.8) is 0 Å². The van der Waals surface area contributed by atoms with Crippen LogP contribution in [0.5, 0.6) is 0 Å². The minimum atomic E-state index is -2.59. The van der Waals surface area contributed by atoms with Gasteiger partial charge in [0.05, 0.1) is 6.61 Å². The monoisotopic (exact) mass is 411 g/mol. The van der Waals surface area contributed by atoms with Gasteiger partial charge in [-0.2, -0.15) is 0 Å². The van der Waals surface area contributed by atoms with Crippen molar-refractivity contribution in [2.75, 3.05) is 0 Å². The fourth-order valence-corrected chi connectivity index (χ4v) is 2.75. The number of halogens is 4. The van der Waals surface area contributed by atoms with E-state index in [1.807, 2.05) is 22.6 Å². The Labute approximate surface area is 101 Å². The first-order chi connectivity index (χ1) is 6.07. The number of aromatic nitrogens is 1. The standard InChI is InChI=1S/C7H5F2I2NO/c8-7(9)6-5(11)3(2-13)4(10)1-12-6/h1,7,13H,2H2. The summed E-state index contributed by atoms with van der Waals surface area (Å²) in [5.74, 6) is 0. The van der Waals surface area contributed by atoms with E-state index in [2.05, 4.69) is 4.98 Å². The molecule has 1 N–H and O–H groups in total. The summed E-state index contributed by atoms with van der Waals surface area (Å²) >= 11 is 3.73. The first-order valence-corrected chi connectivity index (χ1v) is 5.45. The van der Waals surface area contributed by atoms with Gasteiger partial charge in [0.15, 0.2) is 0 Å². The van der Waals surface area contributed by atoms with Crippen molar-refractivity contribution in [2.24, 2.45) is 0 Å². The van der Waals surface area contributed by atoms with Crippen LogP contribution < -0.4 is 0 Å². The van der Waals surface area contributed by atoms with Crippen LogP contribution in [0.1, 0.15) is 17.7 Å². The van der Waals surface area contributed by atoms with E-state index in [-0.39, 0.29) is 12.3 Å². The van der Waals surface area contributed by atoms with Gasteiger partial charge in [-0.1, -0.05) is 0 Å². The Bertz CT molecular complexity index is 320. The van der Waals surface area contributed by atoms with Crippen LogP contribution in [0.4, 0.5) is 8.78 Å². The number of aliphatic hydroxyl groups excluding tert-OH is 1. The van der Waals surface area contributed by atoms with Crippen LogP contribution in [0, 0.1) is 7.14 Å². The summed E-state index contributed by atoms with van der Waals surface area (Å²) in [6.07, 6.45) is -1.25. The van der Waals surface area contributed by atoms with E-state index >= 15 is 0 Å². The Hall–Kier alpha value is 0.430. The van der Waals surface area contributed by atoms with Crippen molar-refractivity contribution in [1.29, 1.82) is 0 Å². The third-order valence-electron chi connectivity index (χ3n) is 1.46. The van der Waals surface area contributed by atoms with E-state index in [4.69, 9.17) is 5.11 Å². The van der Waals surface area contributed by atoms with Gasteiger partial charge >= 0.3 is 0 Å². The lowest BCUT2D eigenvalue weighted by Gasteiger charge is -2.07.